The predicted octanol–water partition coefficient (Wildman–Crippen LogP) is 3.15. The van der Waals surface area contributed by atoms with Gasteiger partial charge in [-0.3, -0.25) is 0 Å². The van der Waals surface area contributed by atoms with Crippen molar-refractivity contribution in [3.63, 3.8) is 0 Å². The molecule has 0 N–H and O–H groups in total. The van der Waals surface area contributed by atoms with Crippen LogP contribution in [0, 0.1) is 11.3 Å². The van der Waals surface area contributed by atoms with Crippen molar-refractivity contribution in [1.82, 2.24) is 10.1 Å². The number of nitrogens with zero attached hydrogens (tertiary/aromatic N) is 2. The van der Waals surface area contributed by atoms with Crippen molar-refractivity contribution in [3.8, 4) is 0 Å². The number of carbonyl (C=O) groups is 1. The van der Waals surface area contributed by atoms with Crippen LogP contribution in [-0.4, -0.2) is 34.9 Å². The highest BCUT2D eigenvalue weighted by Gasteiger charge is 2.60. The van der Waals surface area contributed by atoms with E-state index in [0.29, 0.717) is 17.2 Å². The largest absolute Gasteiger partial charge is 0.458 e. The monoisotopic (exact) mass is 330 g/mol. The van der Waals surface area contributed by atoms with E-state index >= 15 is 0 Å². The first-order valence-electron chi connectivity index (χ1n) is 8.59. The first-order valence-corrected chi connectivity index (χ1v) is 8.59. The minimum absolute atomic E-state index is 0.112. The lowest BCUT2D eigenvalue weighted by molar-refractivity contribution is -0.243. The van der Waals surface area contributed by atoms with Crippen LogP contribution in [-0.2, 0) is 15.9 Å². The minimum atomic E-state index is -0.338. The third kappa shape index (κ3) is 2.24. The van der Waals surface area contributed by atoms with Crippen molar-refractivity contribution in [2.24, 2.45) is 11.3 Å². The van der Waals surface area contributed by atoms with Crippen molar-refractivity contribution in [1.29, 1.82) is 0 Å². The zero-order valence-corrected chi connectivity index (χ0v) is 14.2. The maximum absolute atomic E-state index is 12.6. The predicted molar refractivity (Wildman–Crippen MR) is 86.6 cm³/mol. The van der Waals surface area contributed by atoms with E-state index in [2.05, 4.69) is 24.0 Å². The molecule has 6 heteroatoms. The Bertz CT molecular complexity index is 782. The van der Waals surface area contributed by atoms with E-state index in [0.717, 1.165) is 36.9 Å². The van der Waals surface area contributed by atoms with Gasteiger partial charge in [-0.1, -0.05) is 25.9 Å². The first kappa shape index (κ1) is 15.6. The molecule has 1 saturated carbocycles. The molecule has 2 fully saturated rings. The van der Waals surface area contributed by atoms with Gasteiger partial charge in [0.1, 0.15) is 6.10 Å². The maximum Gasteiger partial charge on any atom is 0.340 e. The van der Waals surface area contributed by atoms with E-state index < -0.39 is 0 Å². The summed E-state index contributed by atoms with van der Waals surface area (Å²) < 4.78 is 16.9. The topological polar surface area (TPSA) is 74.5 Å². The number of aryl methyl sites for hydroxylation is 1. The summed E-state index contributed by atoms with van der Waals surface area (Å²) >= 11 is 0. The van der Waals surface area contributed by atoms with Gasteiger partial charge in [-0.2, -0.15) is 0 Å². The van der Waals surface area contributed by atoms with Gasteiger partial charge in [0, 0.05) is 24.1 Å². The van der Waals surface area contributed by atoms with Crippen LogP contribution in [0.1, 0.15) is 49.7 Å². The van der Waals surface area contributed by atoms with Crippen LogP contribution in [0.3, 0.4) is 0 Å². The average Bonchev–Trinajstić information content (AvgIpc) is 3.01. The molecular formula is C18H22N2O4. The molecule has 3 atom stereocenters. The third-order valence-corrected chi connectivity index (χ3v) is 5.43. The molecule has 4 rings (SSSR count). The van der Waals surface area contributed by atoms with Gasteiger partial charge in [0.15, 0.2) is 0 Å². The molecule has 24 heavy (non-hydrogen) atoms. The van der Waals surface area contributed by atoms with Gasteiger partial charge in [-0.05, 0) is 25.3 Å². The van der Waals surface area contributed by atoms with Gasteiger partial charge in [-0.15, -0.1) is 0 Å². The summed E-state index contributed by atoms with van der Waals surface area (Å²) in [5, 5.41) is 4.75. The second-order valence-electron chi connectivity index (χ2n) is 7.30. The van der Waals surface area contributed by atoms with Crippen molar-refractivity contribution < 1.29 is 18.8 Å². The second kappa shape index (κ2) is 5.55. The quantitative estimate of drug-likeness (QED) is 0.805. The standard InChI is InChI=1S/C18H22N2O4/c1-4-13-12-8-10(9-19-16(12)24-20-13)17(21)23-15-11-6-5-7-22-14(11)18(15,2)3/h8-9,11,14-15H,4-7H2,1-3H3/t11-,14+,15-/m1/s1. The Morgan fingerprint density at radius 1 is 1.46 bits per heavy atom. The van der Waals surface area contributed by atoms with E-state index in [1.165, 1.54) is 6.20 Å². The molecular weight excluding hydrogens is 308 g/mol. The molecule has 2 aromatic heterocycles. The van der Waals surface area contributed by atoms with Crippen molar-refractivity contribution in [3.05, 3.63) is 23.5 Å². The highest BCUT2D eigenvalue weighted by Crippen LogP contribution is 2.53. The van der Waals surface area contributed by atoms with Crippen LogP contribution in [0.25, 0.3) is 11.1 Å². The van der Waals surface area contributed by atoms with E-state index in [4.69, 9.17) is 14.0 Å². The summed E-state index contributed by atoms with van der Waals surface area (Å²) in [6, 6.07) is 1.76. The van der Waals surface area contributed by atoms with Gasteiger partial charge in [-0.25, -0.2) is 9.78 Å². The highest BCUT2D eigenvalue weighted by molar-refractivity contribution is 5.93. The van der Waals surface area contributed by atoms with Crippen molar-refractivity contribution >= 4 is 17.1 Å². The number of pyridine rings is 1. The van der Waals surface area contributed by atoms with Crippen LogP contribution < -0.4 is 0 Å². The van der Waals surface area contributed by atoms with E-state index in [-0.39, 0.29) is 23.6 Å². The molecule has 0 radical (unpaired) electrons. The Labute approximate surface area is 140 Å². The fraction of sp³-hybridized carbons (Fsp3) is 0.611. The summed E-state index contributed by atoms with van der Waals surface area (Å²) in [7, 11) is 0. The zero-order chi connectivity index (χ0) is 16.9. The van der Waals surface area contributed by atoms with Crippen LogP contribution in [0.2, 0.25) is 0 Å². The number of aromatic nitrogens is 2. The maximum atomic E-state index is 12.6. The zero-order valence-electron chi connectivity index (χ0n) is 14.2. The molecule has 1 saturated heterocycles. The minimum Gasteiger partial charge on any atom is -0.458 e. The lowest BCUT2D eigenvalue weighted by Crippen LogP contribution is -2.65. The van der Waals surface area contributed by atoms with Crippen LogP contribution in [0.5, 0.6) is 0 Å². The molecule has 0 aromatic carbocycles. The van der Waals surface area contributed by atoms with Crippen LogP contribution in [0.4, 0.5) is 0 Å². The SMILES string of the molecule is CCc1noc2ncc(C(=O)O[C@@H]3[C@@H]4CCCO[C@@H]4C3(C)C)cc12. The Kier molecular flexibility index (Phi) is 3.60. The van der Waals surface area contributed by atoms with Gasteiger partial charge >= 0.3 is 5.97 Å². The number of fused-ring (bicyclic) bond motifs is 2. The summed E-state index contributed by atoms with van der Waals surface area (Å²) in [6.45, 7) is 7.00. The van der Waals surface area contributed by atoms with Crippen LogP contribution >= 0.6 is 0 Å². The number of rotatable bonds is 3. The summed E-state index contributed by atoms with van der Waals surface area (Å²) in [4.78, 5) is 16.8. The van der Waals surface area contributed by atoms with Gasteiger partial charge < -0.3 is 14.0 Å². The van der Waals surface area contributed by atoms with Gasteiger partial charge in [0.2, 0.25) is 0 Å². The van der Waals surface area contributed by atoms with E-state index in [9.17, 15) is 4.79 Å². The summed E-state index contributed by atoms with van der Waals surface area (Å²) in [5.41, 5.74) is 1.55. The average molecular weight is 330 g/mol. The molecule has 0 spiro atoms. The van der Waals surface area contributed by atoms with E-state index in [1.54, 1.807) is 6.07 Å². The molecule has 2 aromatic rings. The van der Waals surface area contributed by atoms with Crippen LogP contribution in [0.15, 0.2) is 16.8 Å². The number of esters is 1. The Balaban J connectivity index is 1.56. The molecule has 128 valence electrons. The number of carbonyl (C=O) groups excluding carboxylic acids is 1. The molecule has 6 nitrogen and oxygen atoms in total. The first-order chi connectivity index (χ1) is 11.5. The lowest BCUT2D eigenvalue weighted by atomic mass is 9.57. The highest BCUT2D eigenvalue weighted by atomic mass is 16.6. The summed E-state index contributed by atoms with van der Waals surface area (Å²) in [5.74, 6) is -0.0362. The molecule has 2 aliphatic rings. The number of hydrogen-bond acceptors (Lipinski definition) is 6. The number of ether oxygens (including phenoxy) is 2. The Morgan fingerprint density at radius 3 is 3.08 bits per heavy atom. The Morgan fingerprint density at radius 2 is 2.29 bits per heavy atom. The molecule has 0 bridgehead atoms. The molecule has 1 aliphatic heterocycles. The van der Waals surface area contributed by atoms with Crippen molar-refractivity contribution in [2.45, 2.75) is 52.2 Å². The normalized spacial score (nSPS) is 28.2. The van der Waals surface area contributed by atoms with Crippen molar-refractivity contribution in [2.75, 3.05) is 6.61 Å². The molecule has 0 unspecified atom stereocenters. The third-order valence-electron chi connectivity index (χ3n) is 5.43. The summed E-state index contributed by atoms with van der Waals surface area (Å²) in [6.07, 6.45) is 4.38. The molecule has 0 amide bonds. The second-order valence-corrected chi connectivity index (χ2v) is 7.30. The number of hydrogen-bond donors (Lipinski definition) is 0. The lowest BCUT2D eigenvalue weighted by Gasteiger charge is -2.58. The van der Waals surface area contributed by atoms with Gasteiger partial charge in [0.05, 0.1) is 22.7 Å². The molecule has 3 heterocycles. The van der Waals surface area contributed by atoms with E-state index in [1.807, 2.05) is 6.92 Å². The smallest absolute Gasteiger partial charge is 0.340 e. The Hall–Kier alpha value is -1.95. The fourth-order valence-corrected chi connectivity index (χ4v) is 4.14. The van der Waals surface area contributed by atoms with Gasteiger partial charge in [0.25, 0.3) is 5.71 Å². The fourth-order valence-electron chi connectivity index (χ4n) is 4.14. The molecule has 1 aliphatic carbocycles.